The van der Waals surface area contributed by atoms with E-state index in [0.717, 1.165) is 12.1 Å². The summed E-state index contributed by atoms with van der Waals surface area (Å²) in [5.41, 5.74) is 2.28. The number of fused-ring (bicyclic) bond motifs is 1. The molecule has 0 unspecified atom stereocenters. The number of aryl methyl sites for hydroxylation is 1. The van der Waals surface area contributed by atoms with E-state index >= 15 is 0 Å². The molecular weight excluding hydrogens is 403 g/mol. The van der Waals surface area contributed by atoms with Crippen LogP contribution in [0.25, 0.3) is 21.7 Å². The summed E-state index contributed by atoms with van der Waals surface area (Å²) in [5, 5.41) is 5.06. The third-order valence-corrected chi connectivity index (χ3v) is 5.07. The molecule has 9 heteroatoms. The number of rotatable bonds is 4. The summed E-state index contributed by atoms with van der Waals surface area (Å²) in [6.45, 7) is 1.74. The number of halogens is 3. The predicted molar refractivity (Wildman–Crippen MR) is 104 cm³/mol. The van der Waals surface area contributed by atoms with Crippen molar-refractivity contribution < 1.29 is 22.4 Å². The van der Waals surface area contributed by atoms with Crippen LogP contribution >= 0.6 is 11.3 Å². The number of thiazole rings is 1. The molecule has 1 amide bonds. The van der Waals surface area contributed by atoms with Crippen molar-refractivity contribution in [3.05, 3.63) is 65.0 Å². The number of amides is 1. The molecule has 0 saturated carbocycles. The van der Waals surface area contributed by atoms with Crippen LogP contribution in [0.4, 0.5) is 18.9 Å². The first-order valence-electron chi connectivity index (χ1n) is 8.57. The zero-order valence-electron chi connectivity index (χ0n) is 15.1. The molecule has 0 saturated heterocycles. The van der Waals surface area contributed by atoms with E-state index in [-0.39, 0.29) is 12.3 Å². The molecule has 5 nitrogen and oxygen atoms in total. The SMILES string of the molecule is Cc1nc2cc(NC(=O)Cc3csc(-c4ccc(C(F)(F)F)cc4)n3)ccc2o1. The zero-order valence-corrected chi connectivity index (χ0v) is 15.9. The molecule has 0 bridgehead atoms. The molecule has 2 aromatic carbocycles. The Labute approximate surface area is 167 Å². The Kier molecular flexibility index (Phi) is 4.83. The number of aromatic nitrogens is 2. The van der Waals surface area contributed by atoms with E-state index in [2.05, 4.69) is 15.3 Å². The minimum absolute atomic E-state index is 0.0486. The van der Waals surface area contributed by atoms with Crippen LogP contribution in [0, 0.1) is 6.92 Å². The van der Waals surface area contributed by atoms with Crippen molar-refractivity contribution in [2.75, 3.05) is 5.32 Å². The Morgan fingerprint density at radius 2 is 1.90 bits per heavy atom. The molecule has 4 aromatic rings. The highest BCUT2D eigenvalue weighted by atomic mass is 32.1. The lowest BCUT2D eigenvalue weighted by molar-refractivity contribution is -0.137. The Morgan fingerprint density at radius 1 is 1.14 bits per heavy atom. The average molecular weight is 417 g/mol. The van der Waals surface area contributed by atoms with E-state index in [1.807, 2.05) is 0 Å². The van der Waals surface area contributed by atoms with Gasteiger partial charge in [0.1, 0.15) is 10.5 Å². The standard InChI is InChI=1S/C20H14F3N3O2S/c1-11-24-16-8-14(6-7-17(16)28-11)25-18(27)9-15-10-29-19(26-15)12-2-4-13(5-3-12)20(21,22)23/h2-8,10H,9H2,1H3,(H,25,27). The van der Waals surface area contributed by atoms with Crippen LogP contribution in [0.1, 0.15) is 17.1 Å². The maximum Gasteiger partial charge on any atom is 0.416 e. The van der Waals surface area contributed by atoms with Gasteiger partial charge in [-0.3, -0.25) is 4.79 Å². The minimum Gasteiger partial charge on any atom is -0.441 e. The van der Waals surface area contributed by atoms with Gasteiger partial charge in [-0.15, -0.1) is 11.3 Å². The van der Waals surface area contributed by atoms with Gasteiger partial charge in [-0.1, -0.05) is 12.1 Å². The van der Waals surface area contributed by atoms with Crippen LogP contribution < -0.4 is 5.32 Å². The molecular formula is C20H14F3N3O2S. The number of carbonyl (C=O) groups is 1. The monoisotopic (exact) mass is 417 g/mol. The van der Waals surface area contributed by atoms with Crippen LogP contribution in [0.5, 0.6) is 0 Å². The second-order valence-electron chi connectivity index (χ2n) is 6.36. The molecule has 148 valence electrons. The van der Waals surface area contributed by atoms with E-state index in [4.69, 9.17) is 4.42 Å². The molecule has 0 aliphatic heterocycles. The maximum absolute atomic E-state index is 12.7. The van der Waals surface area contributed by atoms with E-state index < -0.39 is 11.7 Å². The maximum atomic E-state index is 12.7. The van der Waals surface area contributed by atoms with Gasteiger partial charge in [-0.05, 0) is 30.3 Å². The highest BCUT2D eigenvalue weighted by Crippen LogP contribution is 2.31. The molecule has 0 atom stereocenters. The van der Waals surface area contributed by atoms with Crippen molar-refractivity contribution in [2.45, 2.75) is 19.5 Å². The number of nitrogens with zero attached hydrogens (tertiary/aromatic N) is 2. The topological polar surface area (TPSA) is 68.0 Å². The highest BCUT2D eigenvalue weighted by molar-refractivity contribution is 7.13. The van der Waals surface area contributed by atoms with Crippen LogP contribution in [-0.2, 0) is 17.4 Å². The molecule has 2 aromatic heterocycles. The third kappa shape index (κ3) is 4.29. The molecule has 0 aliphatic rings. The average Bonchev–Trinajstić information content (AvgIpc) is 3.26. The summed E-state index contributed by atoms with van der Waals surface area (Å²) >= 11 is 1.27. The van der Waals surface area contributed by atoms with Crippen LogP contribution in [0.3, 0.4) is 0 Å². The number of alkyl halides is 3. The van der Waals surface area contributed by atoms with Gasteiger partial charge in [0.2, 0.25) is 5.91 Å². The lowest BCUT2D eigenvalue weighted by atomic mass is 10.1. The molecule has 0 aliphatic carbocycles. The first-order chi connectivity index (χ1) is 13.8. The second-order valence-corrected chi connectivity index (χ2v) is 7.22. The summed E-state index contributed by atoms with van der Waals surface area (Å²) in [7, 11) is 0. The van der Waals surface area contributed by atoms with E-state index in [1.165, 1.54) is 23.5 Å². The Balaban J connectivity index is 1.43. The fourth-order valence-corrected chi connectivity index (χ4v) is 3.64. The first kappa shape index (κ1) is 19.1. The summed E-state index contributed by atoms with van der Waals surface area (Å²) in [5.74, 6) is 0.288. The Hall–Kier alpha value is -3.20. The van der Waals surface area contributed by atoms with Crippen molar-refractivity contribution in [3.63, 3.8) is 0 Å². The zero-order chi connectivity index (χ0) is 20.6. The molecule has 0 radical (unpaired) electrons. The van der Waals surface area contributed by atoms with Gasteiger partial charge in [0.05, 0.1) is 17.7 Å². The van der Waals surface area contributed by atoms with Gasteiger partial charge >= 0.3 is 6.18 Å². The summed E-state index contributed by atoms with van der Waals surface area (Å²) in [6.07, 6.45) is -4.33. The summed E-state index contributed by atoms with van der Waals surface area (Å²) in [6, 6.07) is 9.96. The second kappa shape index (κ2) is 7.32. The smallest absolute Gasteiger partial charge is 0.416 e. The first-order valence-corrected chi connectivity index (χ1v) is 9.45. The van der Waals surface area contributed by atoms with E-state index in [0.29, 0.717) is 38.9 Å². The Morgan fingerprint density at radius 3 is 2.62 bits per heavy atom. The van der Waals surface area contributed by atoms with Gasteiger partial charge in [0.25, 0.3) is 0 Å². The molecule has 1 N–H and O–H groups in total. The minimum atomic E-state index is -4.38. The lowest BCUT2D eigenvalue weighted by Crippen LogP contribution is -2.14. The number of anilines is 1. The highest BCUT2D eigenvalue weighted by Gasteiger charge is 2.30. The molecule has 4 rings (SSSR count). The van der Waals surface area contributed by atoms with Gasteiger partial charge < -0.3 is 9.73 Å². The number of benzene rings is 2. The van der Waals surface area contributed by atoms with Gasteiger partial charge in [0, 0.05) is 23.6 Å². The van der Waals surface area contributed by atoms with Crippen molar-refractivity contribution >= 4 is 34.0 Å². The largest absolute Gasteiger partial charge is 0.441 e. The van der Waals surface area contributed by atoms with Crippen molar-refractivity contribution in [1.29, 1.82) is 0 Å². The number of nitrogens with one attached hydrogen (secondary N) is 1. The number of hydrogen-bond donors (Lipinski definition) is 1. The van der Waals surface area contributed by atoms with Gasteiger partial charge in [-0.25, -0.2) is 9.97 Å². The Bertz CT molecular complexity index is 1180. The summed E-state index contributed by atoms with van der Waals surface area (Å²) < 4.78 is 43.4. The van der Waals surface area contributed by atoms with Crippen LogP contribution in [0.15, 0.2) is 52.3 Å². The fraction of sp³-hybridized carbons (Fsp3) is 0.150. The van der Waals surface area contributed by atoms with Gasteiger partial charge in [0.15, 0.2) is 11.5 Å². The normalized spacial score (nSPS) is 11.7. The van der Waals surface area contributed by atoms with Crippen molar-refractivity contribution in [1.82, 2.24) is 9.97 Å². The number of carbonyl (C=O) groups excluding carboxylic acids is 1. The van der Waals surface area contributed by atoms with Crippen molar-refractivity contribution in [3.8, 4) is 10.6 Å². The number of oxazole rings is 1. The molecule has 0 fully saturated rings. The number of hydrogen-bond acceptors (Lipinski definition) is 5. The van der Waals surface area contributed by atoms with E-state index in [9.17, 15) is 18.0 Å². The molecule has 0 spiro atoms. The van der Waals surface area contributed by atoms with Gasteiger partial charge in [-0.2, -0.15) is 13.2 Å². The predicted octanol–water partition coefficient (Wildman–Crippen LogP) is 5.46. The molecule has 29 heavy (non-hydrogen) atoms. The lowest BCUT2D eigenvalue weighted by Gasteiger charge is -2.06. The molecule has 2 heterocycles. The fourth-order valence-electron chi connectivity index (χ4n) is 2.81. The third-order valence-electron chi connectivity index (χ3n) is 4.13. The summed E-state index contributed by atoms with van der Waals surface area (Å²) in [4.78, 5) is 20.9. The van der Waals surface area contributed by atoms with Crippen molar-refractivity contribution in [2.24, 2.45) is 0 Å². The van der Waals surface area contributed by atoms with Crippen LogP contribution in [0.2, 0.25) is 0 Å². The quantitative estimate of drug-likeness (QED) is 0.479. The van der Waals surface area contributed by atoms with Crippen LogP contribution in [-0.4, -0.2) is 15.9 Å². The van der Waals surface area contributed by atoms with E-state index in [1.54, 1.807) is 30.5 Å².